The maximum absolute atomic E-state index is 13.7. The quantitative estimate of drug-likeness (QED) is 0.581. The average Bonchev–Trinajstić information content (AvgIpc) is 2.76. The Morgan fingerprint density at radius 3 is 2.25 bits per heavy atom. The van der Waals surface area contributed by atoms with E-state index in [4.69, 9.17) is 0 Å². The van der Waals surface area contributed by atoms with Crippen LogP contribution in [0.25, 0.3) is 0 Å². The molecule has 0 aliphatic carbocycles. The molecule has 0 saturated carbocycles. The molecule has 0 fully saturated rings. The van der Waals surface area contributed by atoms with Gasteiger partial charge in [0.25, 0.3) is 0 Å². The minimum absolute atomic E-state index is 0.171. The summed E-state index contributed by atoms with van der Waals surface area (Å²) in [5.41, 5.74) is 0.758. The molecule has 1 N–H and O–H groups in total. The molecule has 0 aromatic heterocycles. The van der Waals surface area contributed by atoms with Crippen molar-refractivity contribution in [3.8, 4) is 0 Å². The maximum Gasteiger partial charge on any atom is 0.244 e. The number of rotatable bonds is 10. The van der Waals surface area contributed by atoms with Gasteiger partial charge in [-0.15, -0.1) is 0 Å². The fraction of sp³-hybridized carbons (Fsp3) is 0.364. The Morgan fingerprint density at radius 1 is 1.06 bits per heavy atom. The molecule has 0 heterocycles. The lowest BCUT2D eigenvalue weighted by Gasteiger charge is -2.32. The molecule has 0 aliphatic heterocycles. The first-order chi connectivity index (χ1) is 15.1. The summed E-state index contributed by atoms with van der Waals surface area (Å²) < 4.78 is 52.5. The van der Waals surface area contributed by atoms with E-state index in [1.165, 1.54) is 11.9 Å². The zero-order chi connectivity index (χ0) is 23.9. The van der Waals surface area contributed by atoms with Gasteiger partial charge >= 0.3 is 0 Å². The summed E-state index contributed by atoms with van der Waals surface area (Å²) in [6.07, 6.45) is 1.63. The van der Waals surface area contributed by atoms with Crippen molar-refractivity contribution < 1.29 is 26.8 Å². The highest BCUT2D eigenvalue weighted by molar-refractivity contribution is 7.92. The van der Waals surface area contributed by atoms with E-state index in [0.717, 1.165) is 24.0 Å². The van der Waals surface area contributed by atoms with Gasteiger partial charge in [-0.3, -0.25) is 13.9 Å². The van der Waals surface area contributed by atoms with Gasteiger partial charge in [-0.05, 0) is 30.5 Å². The lowest BCUT2D eigenvalue weighted by Crippen LogP contribution is -2.52. The van der Waals surface area contributed by atoms with Crippen LogP contribution in [0.15, 0.2) is 48.5 Å². The van der Waals surface area contributed by atoms with Crippen molar-refractivity contribution in [2.75, 3.05) is 30.7 Å². The van der Waals surface area contributed by atoms with Crippen molar-refractivity contribution in [3.63, 3.8) is 0 Å². The minimum atomic E-state index is -4.01. The molecule has 7 nitrogen and oxygen atoms in total. The van der Waals surface area contributed by atoms with Crippen LogP contribution >= 0.6 is 0 Å². The Bertz CT molecular complexity index is 1050. The van der Waals surface area contributed by atoms with Crippen molar-refractivity contribution in [2.45, 2.75) is 25.8 Å². The van der Waals surface area contributed by atoms with Gasteiger partial charge in [0.15, 0.2) is 11.6 Å². The standard InChI is InChI=1S/C22H27F2N3O4S/c1-4-20(22(29)25-2)26(13-12-16-8-6-5-7-9-16)21(28)15-27(32(3,30)31)17-10-11-18(23)19(24)14-17/h5-11,14,20H,4,12-13,15H2,1-3H3,(H,25,29)/t20-/m0/s1. The highest BCUT2D eigenvalue weighted by Gasteiger charge is 2.31. The summed E-state index contributed by atoms with van der Waals surface area (Å²) in [4.78, 5) is 27.0. The Kier molecular flexibility index (Phi) is 8.71. The van der Waals surface area contributed by atoms with Crippen LogP contribution in [-0.2, 0) is 26.0 Å². The number of sulfonamides is 1. The van der Waals surface area contributed by atoms with Gasteiger partial charge in [-0.25, -0.2) is 17.2 Å². The number of likely N-dealkylation sites (N-methyl/N-ethyl adjacent to an activating group) is 1. The third-order valence-corrected chi connectivity index (χ3v) is 6.13. The molecule has 174 valence electrons. The lowest BCUT2D eigenvalue weighted by molar-refractivity contribution is -0.139. The van der Waals surface area contributed by atoms with Gasteiger partial charge in [0.1, 0.15) is 12.6 Å². The summed E-state index contributed by atoms with van der Waals surface area (Å²) in [6, 6.07) is 11.1. The summed E-state index contributed by atoms with van der Waals surface area (Å²) in [6.45, 7) is 1.25. The Morgan fingerprint density at radius 2 is 1.72 bits per heavy atom. The van der Waals surface area contributed by atoms with E-state index >= 15 is 0 Å². The molecule has 32 heavy (non-hydrogen) atoms. The molecular weight excluding hydrogens is 440 g/mol. The molecule has 2 rings (SSSR count). The van der Waals surface area contributed by atoms with E-state index < -0.39 is 40.2 Å². The van der Waals surface area contributed by atoms with Crippen molar-refractivity contribution in [2.24, 2.45) is 0 Å². The largest absolute Gasteiger partial charge is 0.357 e. The number of hydrogen-bond acceptors (Lipinski definition) is 4. The monoisotopic (exact) mass is 467 g/mol. The Balaban J connectivity index is 2.36. The fourth-order valence-electron chi connectivity index (χ4n) is 3.32. The van der Waals surface area contributed by atoms with Crippen molar-refractivity contribution in [1.29, 1.82) is 0 Å². The average molecular weight is 468 g/mol. The molecule has 0 unspecified atom stereocenters. The lowest BCUT2D eigenvalue weighted by atomic mass is 10.1. The molecule has 1 atom stereocenters. The number of halogens is 2. The topological polar surface area (TPSA) is 86.8 Å². The van der Waals surface area contributed by atoms with Crippen LogP contribution in [0.3, 0.4) is 0 Å². The van der Waals surface area contributed by atoms with Gasteiger partial charge < -0.3 is 10.2 Å². The third-order valence-electron chi connectivity index (χ3n) is 4.99. The number of benzene rings is 2. The first-order valence-corrected chi connectivity index (χ1v) is 11.9. The smallest absolute Gasteiger partial charge is 0.244 e. The predicted molar refractivity (Wildman–Crippen MR) is 119 cm³/mol. The fourth-order valence-corrected chi connectivity index (χ4v) is 4.16. The Labute approximate surface area is 187 Å². The van der Waals surface area contributed by atoms with Crippen LogP contribution in [0.4, 0.5) is 14.5 Å². The number of carbonyl (C=O) groups excluding carboxylic acids is 2. The highest BCUT2D eigenvalue weighted by atomic mass is 32.2. The number of amides is 2. The van der Waals surface area contributed by atoms with E-state index in [1.807, 2.05) is 30.3 Å². The molecule has 0 spiro atoms. The number of anilines is 1. The molecule has 2 aromatic rings. The first kappa shape index (κ1) is 25.3. The zero-order valence-electron chi connectivity index (χ0n) is 18.2. The minimum Gasteiger partial charge on any atom is -0.357 e. The second-order valence-corrected chi connectivity index (χ2v) is 9.14. The molecule has 2 aromatic carbocycles. The molecule has 2 amide bonds. The number of carbonyl (C=O) groups is 2. The second kappa shape index (κ2) is 11.0. The predicted octanol–water partition coefficient (Wildman–Crippen LogP) is 2.33. The molecule has 0 aliphatic rings. The van der Waals surface area contributed by atoms with Crippen LogP contribution in [0.2, 0.25) is 0 Å². The SMILES string of the molecule is CC[C@@H](C(=O)NC)N(CCc1ccccc1)C(=O)CN(c1ccc(F)c(F)c1)S(C)(=O)=O. The van der Waals surface area contributed by atoms with Gasteiger partial charge in [0.2, 0.25) is 21.8 Å². The molecule has 0 bridgehead atoms. The molecular formula is C22H27F2N3O4S. The number of hydrogen-bond donors (Lipinski definition) is 1. The van der Waals surface area contributed by atoms with Crippen LogP contribution in [0.1, 0.15) is 18.9 Å². The van der Waals surface area contributed by atoms with Crippen molar-refractivity contribution in [3.05, 3.63) is 65.7 Å². The third kappa shape index (κ3) is 6.49. The van der Waals surface area contributed by atoms with E-state index in [1.54, 1.807) is 6.92 Å². The molecule has 0 saturated heterocycles. The molecule has 0 radical (unpaired) electrons. The summed E-state index contributed by atoms with van der Waals surface area (Å²) in [5, 5.41) is 2.52. The zero-order valence-corrected chi connectivity index (χ0v) is 19.0. The van der Waals surface area contributed by atoms with E-state index in [-0.39, 0.29) is 18.1 Å². The van der Waals surface area contributed by atoms with Crippen LogP contribution in [0, 0.1) is 11.6 Å². The number of nitrogens with zero attached hydrogens (tertiary/aromatic N) is 2. The van der Waals surface area contributed by atoms with Crippen LogP contribution in [-0.4, -0.2) is 57.6 Å². The number of nitrogens with one attached hydrogen (secondary N) is 1. The van der Waals surface area contributed by atoms with Crippen LogP contribution in [0.5, 0.6) is 0 Å². The maximum atomic E-state index is 13.7. The van der Waals surface area contributed by atoms with E-state index in [0.29, 0.717) is 23.2 Å². The van der Waals surface area contributed by atoms with E-state index in [2.05, 4.69) is 5.32 Å². The van der Waals surface area contributed by atoms with E-state index in [9.17, 15) is 26.8 Å². The molecule has 10 heteroatoms. The summed E-state index contributed by atoms with van der Waals surface area (Å²) in [5.74, 6) is -3.39. The summed E-state index contributed by atoms with van der Waals surface area (Å²) >= 11 is 0. The second-order valence-electron chi connectivity index (χ2n) is 7.23. The summed E-state index contributed by atoms with van der Waals surface area (Å²) in [7, 11) is -2.55. The van der Waals surface area contributed by atoms with Crippen molar-refractivity contribution in [1.82, 2.24) is 10.2 Å². The normalized spacial score (nSPS) is 12.2. The van der Waals surface area contributed by atoms with Crippen LogP contribution < -0.4 is 9.62 Å². The van der Waals surface area contributed by atoms with Crippen molar-refractivity contribution >= 4 is 27.5 Å². The first-order valence-electron chi connectivity index (χ1n) is 10.1. The van der Waals surface area contributed by atoms with Gasteiger partial charge in [-0.1, -0.05) is 37.3 Å². The Hall–Kier alpha value is -3.01. The highest BCUT2D eigenvalue weighted by Crippen LogP contribution is 2.21. The van der Waals surface area contributed by atoms with Gasteiger partial charge in [0, 0.05) is 19.7 Å². The van der Waals surface area contributed by atoms with Gasteiger partial charge in [0.05, 0.1) is 11.9 Å². The van der Waals surface area contributed by atoms with Gasteiger partial charge in [-0.2, -0.15) is 0 Å².